The summed E-state index contributed by atoms with van der Waals surface area (Å²) >= 11 is 1.93. The number of hydrogen-bond acceptors (Lipinski definition) is 3. The summed E-state index contributed by atoms with van der Waals surface area (Å²) in [6, 6.07) is 9.02. The van der Waals surface area contributed by atoms with Crippen molar-refractivity contribution in [2.24, 2.45) is 0 Å². The van der Waals surface area contributed by atoms with Crippen molar-refractivity contribution in [1.82, 2.24) is 10.6 Å². The molecule has 0 radical (unpaired) electrons. The molecule has 0 aromatic heterocycles. The lowest BCUT2D eigenvalue weighted by Gasteiger charge is -2.23. The van der Waals surface area contributed by atoms with Crippen LogP contribution in [0.5, 0.6) is 0 Å². The summed E-state index contributed by atoms with van der Waals surface area (Å²) in [6.45, 7) is 3.26. The average molecular weight is 290 g/mol. The molecule has 1 aromatic rings. The molecule has 1 aromatic carbocycles. The molecule has 0 spiro atoms. The molecule has 3 rings (SSSR count). The van der Waals surface area contributed by atoms with E-state index in [0.717, 1.165) is 24.5 Å². The van der Waals surface area contributed by atoms with Crippen LogP contribution in [0.4, 0.5) is 0 Å². The van der Waals surface area contributed by atoms with E-state index in [9.17, 15) is 4.79 Å². The lowest BCUT2D eigenvalue weighted by atomic mass is 10.0. The Morgan fingerprint density at radius 2 is 2.20 bits per heavy atom. The summed E-state index contributed by atoms with van der Waals surface area (Å²) in [5.41, 5.74) is 2.70. The lowest BCUT2D eigenvalue weighted by molar-refractivity contribution is -0.122. The number of carbonyl (C=O) groups is 1. The SMILES string of the molecule is C[C@@H]1C[C@H](NC(=O)C[C@@H]2CSCCN2)c2ccccc21. The van der Waals surface area contributed by atoms with Gasteiger partial charge in [0.1, 0.15) is 0 Å². The molecule has 1 fully saturated rings. The van der Waals surface area contributed by atoms with Gasteiger partial charge in [-0.1, -0.05) is 31.2 Å². The molecule has 108 valence electrons. The van der Waals surface area contributed by atoms with Gasteiger partial charge in [-0.05, 0) is 23.5 Å². The molecule has 0 bridgehead atoms. The molecular weight excluding hydrogens is 268 g/mol. The van der Waals surface area contributed by atoms with E-state index < -0.39 is 0 Å². The Labute approximate surface area is 124 Å². The standard InChI is InChI=1S/C16H22N2OS/c1-11-8-15(14-5-3-2-4-13(11)14)18-16(19)9-12-10-20-7-6-17-12/h2-5,11-12,15,17H,6-10H2,1H3,(H,18,19)/t11-,12-,15+/m1/s1. The molecule has 4 heteroatoms. The molecule has 0 saturated carbocycles. The maximum Gasteiger partial charge on any atom is 0.222 e. The number of benzene rings is 1. The molecule has 1 aliphatic carbocycles. The van der Waals surface area contributed by atoms with Crippen LogP contribution in [0.1, 0.15) is 42.9 Å². The van der Waals surface area contributed by atoms with E-state index in [2.05, 4.69) is 41.8 Å². The quantitative estimate of drug-likeness (QED) is 0.898. The minimum absolute atomic E-state index is 0.180. The van der Waals surface area contributed by atoms with Crippen molar-refractivity contribution in [3.63, 3.8) is 0 Å². The van der Waals surface area contributed by atoms with E-state index in [-0.39, 0.29) is 11.9 Å². The van der Waals surface area contributed by atoms with Gasteiger partial charge < -0.3 is 10.6 Å². The molecular formula is C16H22N2OS. The smallest absolute Gasteiger partial charge is 0.222 e. The van der Waals surface area contributed by atoms with Gasteiger partial charge in [0.05, 0.1) is 6.04 Å². The van der Waals surface area contributed by atoms with Crippen LogP contribution in [0.2, 0.25) is 0 Å². The summed E-state index contributed by atoms with van der Waals surface area (Å²) in [5, 5.41) is 6.65. The first-order chi connectivity index (χ1) is 9.74. The van der Waals surface area contributed by atoms with Gasteiger partial charge in [0, 0.05) is 30.5 Å². The summed E-state index contributed by atoms with van der Waals surface area (Å²) < 4.78 is 0. The van der Waals surface area contributed by atoms with Crippen molar-refractivity contribution in [1.29, 1.82) is 0 Å². The zero-order valence-corrected chi connectivity index (χ0v) is 12.7. The Morgan fingerprint density at radius 1 is 1.40 bits per heavy atom. The van der Waals surface area contributed by atoms with Gasteiger partial charge in [-0.2, -0.15) is 11.8 Å². The number of amides is 1. The molecule has 1 heterocycles. The van der Waals surface area contributed by atoms with Crippen LogP contribution in [-0.4, -0.2) is 30.0 Å². The predicted octanol–water partition coefficient (Wildman–Crippen LogP) is 2.45. The number of carbonyl (C=O) groups excluding carboxylic acids is 1. The summed E-state index contributed by atoms with van der Waals surface area (Å²) in [7, 11) is 0. The number of fused-ring (bicyclic) bond motifs is 1. The van der Waals surface area contributed by atoms with Crippen LogP contribution in [0, 0.1) is 0 Å². The Balaban J connectivity index is 1.59. The van der Waals surface area contributed by atoms with Gasteiger partial charge >= 0.3 is 0 Å². The normalized spacial score (nSPS) is 28.9. The van der Waals surface area contributed by atoms with Crippen LogP contribution in [0.3, 0.4) is 0 Å². The van der Waals surface area contributed by atoms with Gasteiger partial charge in [-0.15, -0.1) is 0 Å². The molecule has 1 aliphatic heterocycles. The van der Waals surface area contributed by atoms with E-state index in [0.29, 0.717) is 18.4 Å². The van der Waals surface area contributed by atoms with Gasteiger partial charge in [0.15, 0.2) is 0 Å². The number of rotatable bonds is 3. The zero-order valence-electron chi connectivity index (χ0n) is 11.9. The second-order valence-corrected chi connectivity index (χ2v) is 6.97. The Bertz CT molecular complexity index is 485. The first-order valence-electron chi connectivity index (χ1n) is 7.43. The van der Waals surface area contributed by atoms with E-state index >= 15 is 0 Å². The van der Waals surface area contributed by atoms with Crippen LogP contribution in [0.15, 0.2) is 24.3 Å². The largest absolute Gasteiger partial charge is 0.349 e. The van der Waals surface area contributed by atoms with Crippen LogP contribution in [-0.2, 0) is 4.79 Å². The van der Waals surface area contributed by atoms with E-state index in [1.165, 1.54) is 11.1 Å². The molecule has 2 N–H and O–H groups in total. The Morgan fingerprint density at radius 3 is 2.95 bits per heavy atom. The Kier molecular flexibility index (Phi) is 4.32. The molecule has 3 atom stereocenters. The molecule has 20 heavy (non-hydrogen) atoms. The second-order valence-electron chi connectivity index (χ2n) is 5.82. The topological polar surface area (TPSA) is 41.1 Å². The van der Waals surface area contributed by atoms with Gasteiger partial charge in [0.2, 0.25) is 5.91 Å². The van der Waals surface area contributed by atoms with E-state index in [1.807, 2.05) is 11.8 Å². The van der Waals surface area contributed by atoms with Crippen LogP contribution < -0.4 is 10.6 Å². The summed E-state index contributed by atoms with van der Waals surface area (Å²) in [4.78, 5) is 12.2. The fourth-order valence-corrected chi connectivity index (χ4v) is 4.20. The van der Waals surface area contributed by atoms with Crippen molar-refractivity contribution in [3.8, 4) is 0 Å². The van der Waals surface area contributed by atoms with Crippen molar-refractivity contribution < 1.29 is 4.79 Å². The Hall–Kier alpha value is -1.00. The third-order valence-electron chi connectivity index (χ3n) is 4.26. The van der Waals surface area contributed by atoms with Gasteiger partial charge in [0.25, 0.3) is 0 Å². The maximum atomic E-state index is 12.2. The molecule has 1 amide bonds. The first kappa shape index (κ1) is 14.0. The van der Waals surface area contributed by atoms with Gasteiger partial charge in [-0.25, -0.2) is 0 Å². The van der Waals surface area contributed by atoms with E-state index in [4.69, 9.17) is 0 Å². The highest BCUT2D eigenvalue weighted by Crippen LogP contribution is 2.39. The van der Waals surface area contributed by atoms with Crippen molar-refractivity contribution in [3.05, 3.63) is 35.4 Å². The predicted molar refractivity (Wildman–Crippen MR) is 84.1 cm³/mol. The van der Waals surface area contributed by atoms with Crippen molar-refractivity contribution >= 4 is 17.7 Å². The molecule has 1 saturated heterocycles. The zero-order chi connectivity index (χ0) is 13.9. The van der Waals surface area contributed by atoms with E-state index in [1.54, 1.807) is 0 Å². The van der Waals surface area contributed by atoms with Gasteiger partial charge in [-0.3, -0.25) is 4.79 Å². The van der Waals surface area contributed by atoms with Crippen molar-refractivity contribution in [2.45, 2.75) is 37.8 Å². The minimum atomic E-state index is 0.180. The fraction of sp³-hybridized carbons (Fsp3) is 0.562. The highest BCUT2D eigenvalue weighted by atomic mass is 32.2. The molecule has 0 unspecified atom stereocenters. The van der Waals surface area contributed by atoms with Crippen LogP contribution >= 0.6 is 11.8 Å². The number of nitrogens with one attached hydrogen (secondary N) is 2. The highest BCUT2D eigenvalue weighted by molar-refractivity contribution is 7.99. The maximum absolute atomic E-state index is 12.2. The summed E-state index contributed by atoms with van der Waals surface area (Å²) in [5.74, 6) is 2.93. The average Bonchev–Trinajstić information content (AvgIpc) is 2.77. The lowest BCUT2D eigenvalue weighted by Crippen LogP contribution is -2.41. The molecule has 2 aliphatic rings. The monoisotopic (exact) mass is 290 g/mol. The number of thioether (sulfide) groups is 1. The summed E-state index contributed by atoms with van der Waals surface area (Å²) in [6.07, 6.45) is 1.62. The first-order valence-corrected chi connectivity index (χ1v) is 8.59. The molecule has 3 nitrogen and oxygen atoms in total. The van der Waals surface area contributed by atoms with Crippen LogP contribution in [0.25, 0.3) is 0 Å². The highest BCUT2D eigenvalue weighted by Gasteiger charge is 2.29. The third kappa shape index (κ3) is 3.01. The minimum Gasteiger partial charge on any atom is -0.349 e. The second kappa shape index (κ2) is 6.19. The third-order valence-corrected chi connectivity index (χ3v) is 5.39. The fourth-order valence-electron chi connectivity index (χ4n) is 3.25. The van der Waals surface area contributed by atoms with Crippen molar-refractivity contribution in [2.75, 3.05) is 18.1 Å². The number of hydrogen-bond donors (Lipinski definition) is 2.